The van der Waals surface area contributed by atoms with Gasteiger partial charge in [-0.1, -0.05) is 71.3 Å². The van der Waals surface area contributed by atoms with Crippen LogP contribution in [0.5, 0.6) is 0 Å². The standard InChI is InChI=1S/C17H37NSi2/c1-7-19(5,6)17(20(8-2,9-3)10-4)18-16-14-12-11-13-15-16/h7,16-18H,1,8-15H2,2-6H3. The van der Waals surface area contributed by atoms with Crippen LogP contribution in [0, 0.1) is 0 Å². The number of nitrogens with one attached hydrogen (secondary N) is 1. The molecule has 0 amide bonds. The molecule has 1 nitrogen and oxygen atoms in total. The van der Waals surface area contributed by atoms with Gasteiger partial charge in [0.15, 0.2) is 0 Å². The van der Waals surface area contributed by atoms with E-state index in [-0.39, 0.29) is 0 Å². The molecule has 0 aromatic carbocycles. The molecule has 0 aromatic heterocycles. The molecule has 1 saturated carbocycles. The first-order valence-electron chi connectivity index (χ1n) is 8.85. The first-order chi connectivity index (χ1) is 9.45. The SMILES string of the molecule is C=C[Si](C)(C)C(NC1CCCCC1)[Si](CC)(CC)CC. The minimum atomic E-state index is -1.37. The van der Waals surface area contributed by atoms with E-state index in [1.54, 1.807) is 0 Å². The molecule has 1 unspecified atom stereocenters. The fourth-order valence-corrected chi connectivity index (χ4v) is 16.9. The van der Waals surface area contributed by atoms with E-state index in [2.05, 4.69) is 51.5 Å². The molecule has 0 aromatic rings. The lowest BCUT2D eigenvalue weighted by Crippen LogP contribution is -2.67. The second kappa shape index (κ2) is 7.95. The molecular formula is C17H37NSi2. The second-order valence-corrected chi connectivity index (χ2v) is 18.0. The van der Waals surface area contributed by atoms with Gasteiger partial charge in [-0.25, -0.2) is 0 Å². The van der Waals surface area contributed by atoms with Gasteiger partial charge < -0.3 is 5.32 Å². The molecule has 0 aliphatic heterocycles. The van der Waals surface area contributed by atoms with Crippen molar-refractivity contribution >= 4 is 16.1 Å². The number of hydrogen-bond donors (Lipinski definition) is 1. The third-order valence-corrected chi connectivity index (χ3v) is 18.4. The van der Waals surface area contributed by atoms with Crippen LogP contribution < -0.4 is 5.32 Å². The third-order valence-electron chi connectivity index (χ3n) is 6.00. The molecule has 1 aliphatic carbocycles. The Morgan fingerprint density at radius 1 is 1.05 bits per heavy atom. The van der Waals surface area contributed by atoms with Gasteiger partial charge in [0.05, 0.1) is 16.1 Å². The van der Waals surface area contributed by atoms with E-state index in [1.165, 1.54) is 50.2 Å². The second-order valence-electron chi connectivity index (χ2n) is 7.38. The molecule has 118 valence electrons. The van der Waals surface area contributed by atoms with Crippen LogP contribution in [0.4, 0.5) is 0 Å². The predicted molar refractivity (Wildman–Crippen MR) is 98.7 cm³/mol. The summed E-state index contributed by atoms with van der Waals surface area (Å²) in [6.07, 6.45) is 7.11. The summed E-state index contributed by atoms with van der Waals surface area (Å²) in [4.78, 5) is 0. The van der Waals surface area contributed by atoms with Crippen LogP contribution in [-0.4, -0.2) is 27.5 Å². The molecule has 1 N–H and O–H groups in total. The van der Waals surface area contributed by atoms with Gasteiger partial charge in [0.25, 0.3) is 0 Å². The first kappa shape index (κ1) is 18.2. The number of hydrogen-bond acceptors (Lipinski definition) is 1. The summed E-state index contributed by atoms with van der Waals surface area (Å²) in [5, 5.41) is 5.01. The van der Waals surface area contributed by atoms with Gasteiger partial charge in [-0.05, 0) is 18.1 Å². The van der Waals surface area contributed by atoms with Crippen molar-refractivity contribution in [3.05, 3.63) is 12.3 Å². The Labute approximate surface area is 129 Å². The molecular weight excluding hydrogens is 274 g/mol. The Kier molecular flexibility index (Phi) is 7.23. The van der Waals surface area contributed by atoms with E-state index in [4.69, 9.17) is 0 Å². The zero-order valence-corrected chi connectivity index (χ0v) is 16.6. The van der Waals surface area contributed by atoms with Gasteiger partial charge in [0.1, 0.15) is 0 Å². The monoisotopic (exact) mass is 311 g/mol. The van der Waals surface area contributed by atoms with Gasteiger partial charge in [0, 0.05) is 6.04 Å². The van der Waals surface area contributed by atoms with Crippen molar-refractivity contribution in [2.45, 2.75) is 95.4 Å². The maximum absolute atomic E-state index is 4.21. The summed E-state index contributed by atoms with van der Waals surface area (Å²) in [6, 6.07) is 5.06. The van der Waals surface area contributed by atoms with Gasteiger partial charge in [-0.15, -0.1) is 12.3 Å². The highest BCUT2D eigenvalue weighted by molar-refractivity contribution is 7.00. The van der Waals surface area contributed by atoms with Gasteiger partial charge in [-0.2, -0.15) is 0 Å². The summed E-state index contributed by atoms with van der Waals surface area (Å²) in [6.45, 7) is 16.6. The lowest BCUT2D eigenvalue weighted by molar-refractivity contribution is 0.378. The summed E-state index contributed by atoms with van der Waals surface area (Å²) < 4.78 is 0. The fourth-order valence-electron chi connectivity index (χ4n) is 4.17. The predicted octanol–water partition coefficient (Wildman–Crippen LogP) is 5.30. The highest BCUT2D eigenvalue weighted by Gasteiger charge is 2.45. The average molecular weight is 312 g/mol. The fraction of sp³-hybridized carbons (Fsp3) is 0.882. The minimum absolute atomic E-state index is 0.789. The van der Waals surface area contributed by atoms with Crippen molar-refractivity contribution in [1.29, 1.82) is 0 Å². The van der Waals surface area contributed by atoms with Crippen LogP contribution in [0.15, 0.2) is 12.3 Å². The Hall–Kier alpha value is 0.134. The lowest BCUT2D eigenvalue weighted by atomic mass is 9.96. The summed E-state index contributed by atoms with van der Waals surface area (Å²) in [5.41, 5.74) is 2.34. The van der Waals surface area contributed by atoms with Crippen molar-refractivity contribution in [3.63, 3.8) is 0 Å². The van der Waals surface area contributed by atoms with Crippen LogP contribution in [0.1, 0.15) is 52.9 Å². The van der Waals surface area contributed by atoms with Gasteiger partial charge in [-0.3, -0.25) is 0 Å². The van der Waals surface area contributed by atoms with Crippen molar-refractivity contribution in [1.82, 2.24) is 5.32 Å². The van der Waals surface area contributed by atoms with Crippen molar-refractivity contribution in [2.75, 3.05) is 0 Å². The minimum Gasteiger partial charge on any atom is -0.316 e. The molecule has 1 fully saturated rings. The Morgan fingerprint density at radius 2 is 1.55 bits per heavy atom. The summed E-state index contributed by atoms with van der Waals surface area (Å²) in [7, 11) is -2.58. The smallest absolute Gasteiger partial charge is 0.0855 e. The lowest BCUT2D eigenvalue weighted by Gasteiger charge is -2.47. The first-order valence-corrected chi connectivity index (χ1v) is 14.7. The molecule has 0 heterocycles. The zero-order valence-electron chi connectivity index (χ0n) is 14.6. The van der Waals surface area contributed by atoms with Crippen LogP contribution in [0.3, 0.4) is 0 Å². The molecule has 0 bridgehead atoms. The molecule has 1 aliphatic rings. The summed E-state index contributed by atoms with van der Waals surface area (Å²) >= 11 is 0. The van der Waals surface area contributed by atoms with Crippen molar-refractivity contribution in [3.8, 4) is 0 Å². The maximum atomic E-state index is 4.21. The zero-order chi connectivity index (χ0) is 15.2. The van der Waals surface area contributed by atoms with Gasteiger partial charge >= 0.3 is 0 Å². The highest BCUT2D eigenvalue weighted by atomic mass is 28.4. The van der Waals surface area contributed by atoms with Crippen LogP contribution in [0.25, 0.3) is 0 Å². The number of rotatable bonds is 8. The van der Waals surface area contributed by atoms with E-state index < -0.39 is 16.1 Å². The van der Waals surface area contributed by atoms with E-state index in [9.17, 15) is 0 Å². The van der Waals surface area contributed by atoms with E-state index in [0.29, 0.717) is 0 Å². The largest absolute Gasteiger partial charge is 0.316 e. The van der Waals surface area contributed by atoms with E-state index in [0.717, 1.165) is 11.3 Å². The summed E-state index contributed by atoms with van der Waals surface area (Å²) in [5.74, 6) is 0. The Morgan fingerprint density at radius 3 is 1.95 bits per heavy atom. The van der Waals surface area contributed by atoms with E-state index >= 15 is 0 Å². The molecule has 1 atom stereocenters. The van der Waals surface area contributed by atoms with Gasteiger partial charge in [0.2, 0.25) is 0 Å². The topological polar surface area (TPSA) is 12.0 Å². The third kappa shape index (κ3) is 4.08. The van der Waals surface area contributed by atoms with Crippen LogP contribution in [0.2, 0.25) is 31.2 Å². The quantitative estimate of drug-likeness (QED) is 0.600. The average Bonchev–Trinajstić information content (AvgIpc) is 2.49. The molecule has 3 heteroatoms. The molecule has 1 rings (SSSR count). The van der Waals surface area contributed by atoms with Crippen LogP contribution >= 0.6 is 0 Å². The van der Waals surface area contributed by atoms with Crippen molar-refractivity contribution in [2.24, 2.45) is 0 Å². The normalized spacial score (nSPS) is 19.9. The Bertz CT molecular complexity index is 283. The van der Waals surface area contributed by atoms with E-state index in [1.807, 2.05) is 0 Å². The highest BCUT2D eigenvalue weighted by Crippen LogP contribution is 2.32. The Balaban J connectivity index is 2.97. The molecule has 0 radical (unpaired) electrons. The maximum Gasteiger partial charge on any atom is 0.0855 e. The molecule has 20 heavy (non-hydrogen) atoms. The molecule has 0 spiro atoms. The van der Waals surface area contributed by atoms with Crippen molar-refractivity contribution < 1.29 is 0 Å². The molecule has 0 saturated heterocycles. The van der Waals surface area contributed by atoms with Crippen LogP contribution in [-0.2, 0) is 0 Å².